The van der Waals surface area contributed by atoms with Gasteiger partial charge >= 0.3 is 0 Å². The molecule has 2 aromatic heterocycles. The lowest BCUT2D eigenvalue weighted by molar-refractivity contribution is 0.656. The number of rotatable bonds is 5. The predicted molar refractivity (Wildman–Crippen MR) is 212 cm³/mol. The number of hydrogen-bond acceptors (Lipinski definition) is 4. The van der Waals surface area contributed by atoms with E-state index in [1.165, 1.54) is 44.2 Å². The van der Waals surface area contributed by atoms with Crippen LogP contribution < -0.4 is 0 Å². The smallest absolute Gasteiger partial charge is 0.164 e. The molecule has 0 atom stereocenters. The fraction of sp³-hybridized carbons (Fsp3) is 0.0625. The van der Waals surface area contributed by atoms with Gasteiger partial charge < -0.3 is 4.42 Å². The van der Waals surface area contributed by atoms with E-state index in [1.54, 1.807) is 0 Å². The van der Waals surface area contributed by atoms with E-state index >= 15 is 0 Å². The summed E-state index contributed by atoms with van der Waals surface area (Å²) in [7, 11) is 0. The summed E-state index contributed by atoms with van der Waals surface area (Å²) in [6.45, 7) is 4.66. The second-order valence-corrected chi connectivity index (χ2v) is 14.0. The summed E-state index contributed by atoms with van der Waals surface area (Å²) in [5, 5.41) is 2.37. The first-order valence-electron chi connectivity index (χ1n) is 17.7. The molecule has 0 saturated carbocycles. The maximum Gasteiger partial charge on any atom is 0.164 e. The Hall–Kier alpha value is -6.65. The predicted octanol–water partition coefficient (Wildman–Crippen LogP) is 12.4. The summed E-state index contributed by atoms with van der Waals surface area (Å²) in [5.74, 6) is 1.96. The normalized spacial score (nSPS) is 13.0. The van der Waals surface area contributed by atoms with Gasteiger partial charge in [0.25, 0.3) is 0 Å². The summed E-state index contributed by atoms with van der Waals surface area (Å²) in [4.78, 5) is 14.7. The molecule has 0 radical (unpaired) electrons. The highest BCUT2D eigenvalue weighted by Crippen LogP contribution is 2.53. The van der Waals surface area contributed by atoms with Crippen LogP contribution in [0.5, 0.6) is 0 Å². The molecule has 4 nitrogen and oxygen atoms in total. The molecule has 0 spiro atoms. The van der Waals surface area contributed by atoms with Crippen LogP contribution in [0.25, 0.3) is 89.5 Å². The highest BCUT2D eigenvalue weighted by molar-refractivity contribution is 6.15. The number of hydrogen-bond donors (Lipinski definition) is 0. The van der Waals surface area contributed by atoms with Crippen molar-refractivity contribution < 1.29 is 4.42 Å². The maximum absolute atomic E-state index is 6.32. The monoisotopic (exact) mass is 667 g/mol. The summed E-state index contributed by atoms with van der Waals surface area (Å²) >= 11 is 0. The van der Waals surface area contributed by atoms with Gasteiger partial charge in [0.1, 0.15) is 11.2 Å². The van der Waals surface area contributed by atoms with Crippen LogP contribution in [0, 0.1) is 0 Å². The Morgan fingerprint density at radius 1 is 0.404 bits per heavy atom. The molecule has 10 rings (SSSR count). The number of para-hydroxylation sites is 1. The average molecular weight is 668 g/mol. The Balaban J connectivity index is 1.02. The van der Waals surface area contributed by atoms with Crippen LogP contribution in [0.3, 0.4) is 0 Å². The molecule has 1 aliphatic carbocycles. The molecule has 0 saturated heterocycles. The standard InChI is InChI=1S/C48H33N3O/c1-48(2)39-25-24-36(29-38(39)43-40(48)26-27-42-44(43)37-18-9-10-19-41(37)52-42)35-17-11-16-34(28-35)30-20-22-33(23-21-30)47-50-45(31-12-5-3-6-13-31)49-46(51-47)32-14-7-4-8-15-32/h3-29H,1-2H3. The Kier molecular flexibility index (Phi) is 6.80. The fourth-order valence-corrected chi connectivity index (χ4v) is 7.87. The minimum atomic E-state index is -0.110. The van der Waals surface area contributed by atoms with Crippen molar-refractivity contribution in [3.8, 4) is 67.5 Å². The highest BCUT2D eigenvalue weighted by Gasteiger charge is 2.37. The molecule has 246 valence electrons. The molecule has 1 aliphatic rings. The van der Waals surface area contributed by atoms with Gasteiger partial charge in [0.2, 0.25) is 0 Å². The van der Waals surface area contributed by atoms with Gasteiger partial charge in [0.15, 0.2) is 17.5 Å². The third-order valence-electron chi connectivity index (χ3n) is 10.6. The molecule has 52 heavy (non-hydrogen) atoms. The Morgan fingerprint density at radius 3 is 1.58 bits per heavy atom. The zero-order valence-corrected chi connectivity index (χ0v) is 28.8. The number of benzene rings is 7. The van der Waals surface area contributed by atoms with Crippen molar-refractivity contribution in [1.29, 1.82) is 0 Å². The van der Waals surface area contributed by atoms with Gasteiger partial charge in [-0.3, -0.25) is 0 Å². The van der Waals surface area contributed by atoms with Crippen molar-refractivity contribution in [1.82, 2.24) is 15.0 Å². The minimum absolute atomic E-state index is 0.110. The number of nitrogens with zero attached hydrogens (tertiary/aromatic N) is 3. The van der Waals surface area contributed by atoms with E-state index in [4.69, 9.17) is 19.4 Å². The van der Waals surface area contributed by atoms with Crippen molar-refractivity contribution in [3.63, 3.8) is 0 Å². The van der Waals surface area contributed by atoms with Crippen LogP contribution in [0.4, 0.5) is 0 Å². The van der Waals surface area contributed by atoms with E-state index in [9.17, 15) is 0 Å². The third-order valence-corrected chi connectivity index (χ3v) is 10.6. The SMILES string of the molecule is CC1(C)c2ccc(-c3cccc(-c4ccc(-c5nc(-c6ccccc6)nc(-c6ccccc6)n5)cc4)c3)cc2-c2c1ccc1oc3ccccc3c21. The molecule has 0 bridgehead atoms. The number of aromatic nitrogens is 3. The Morgan fingerprint density at radius 2 is 0.904 bits per heavy atom. The molecule has 0 aliphatic heterocycles. The topological polar surface area (TPSA) is 51.8 Å². The summed E-state index contributed by atoms with van der Waals surface area (Å²) in [6.07, 6.45) is 0. The van der Waals surface area contributed by atoms with Gasteiger partial charge in [-0.05, 0) is 68.8 Å². The second kappa shape index (κ2) is 11.7. The van der Waals surface area contributed by atoms with E-state index in [-0.39, 0.29) is 5.41 Å². The van der Waals surface area contributed by atoms with Gasteiger partial charge in [0, 0.05) is 32.9 Å². The van der Waals surface area contributed by atoms with Crippen molar-refractivity contribution in [2.45, 2.75) is 19.3 Å². The van der Waals surface area contributed by atoms with Crippen LogP contribution in [-0.4, -0.2) is 15.0 Å². The van der Waals surface area contributed by atoms with Crippen LogP contribution in [0.2, 0.25) is 0 Å². The lowest BCUT2D eigenvalue weighted by Gasteiger charge is -2.21. The van der Waals surface area contributed by atoms with Gasteiger partial charge in [-0.25, -0.2) is 15.0 Å². The largest absolute Gasteiger partial charge is 0.456 e. The molecular formula is C48H33N3O. The zero-order chi connectivity index (χ0) is 34.8. The van der Waals surface area contributed by atoms with E-state index in [0.717, 1.165) is 39.0 Å². The lowest BCUT2D eigenvalue weighted by Crippen LogP contribution is -2.14. The first kappa shape index (κ1) is 30.2. The van der Waals surface area contributed by atoms with E-state index < -0.39 is 0 Å². The summed E-state index contributed by atoms with van der Waals surface area (Å²) in [6, 6.07) is 57.2. The molecular weight excluding hydrogens is 635 g/mol. The molecule has 4 heteroatoms. The quantitative estimate of drug-likeness (QED) is 0.183. The van der Waals surface area contributed by atoms with E-state index in [0.29, 0.717) is 17.5 Å². The summed E-state index contributed by atoms with van der Waals surface area (Å²) in [5.41, 5.74) is 14.5. The third kappa shape index (κ3) is 4.87. The van der Waals surface area contributed by atoms with Crippen molar-refractivity contribution >= 4 is 21.9 Å². The molecule has 9 aromatic rings. The minimum Gasteiger partial charge on any atom is -0.456 e. The second-order valence-electron chi connectivity index (χ2n) is 14.0. The van der Waals surface area contributed by atoms with Gasteiger partial charge in [-0.15, -0.1) is 0 Å². The van der Waals surface area contributed by atoms with Crippen LogP contribution in [-0.2, 0) is 5.41 Å². The first-order chi connectivity index (χ1) is 25.5. The maximum atomic E-state index is 6.32. The van der Waals surface area contributed by atoms with Crippen LogP contribution in [0.15, 0.2) is 168 Å². The summed E-state index contributed by atoms with van der Waals surface area (Å²) < 4.78 is 6.32. The van der Waals surface area contributed by atoms with Crippen molar-refractivity contribution in [3.05, 3.63) is 175 Å². The molecule has 0 amide bonds. The Bertz CT molecular complexity index is 2740. The van der Waals surface area contributed by atoms with Gasteiger partial charge in [-0.1, -0.05) is 153 Å². The Labute approximate surface area is 302 Å². The molecule has 7 aromatic carbocycles. The number of furan rings is 1. The molecule has 0 unspecified atom stereocenters. The van der Waals surface area contributed by atoms with E-state index in [1.807, 2.05) is 66.7 Å². The zero-order valence-electron chi connectivity index (χ0n) is 28.8. The van der Waals surface area contributed by atoms with Crippen LogP contribution in [0.1, 0.15) is 25.0 Å². The average Bonchev–Trinajstić information content (AvgIpc) is 3.70. The molecule has 2 heterocycles. The first-order valence-corrected chi connectivity index (χ1v) is 17.7. The lowest BCUT2D eigenvalue weighted by atomic mass is 9.82. The molecule has 0 fully saturated rings. The van der Waals surface area contributed by atoms with E-state index in [2.05, 4.69) is 111 Å². The number of fused-ring (bicyclic) bond motifs is 7. The van der Waals surface area contributed by atoms with Crippen LogP contribution >= 0.6 is 0 Å². The van der Waals surface area contributed by atoms with Gasteiger partial charge in [-0.2, -0.15) is 0 Å². The van der Waals surface area contributed by atoms with Gasteiger partial charge in [0.05, 0.1) is 0 Å². The fourth-order valence-electron chi connectivity index (χ4n) is 7.87. The highest BCUT2D eigenvalue weighted by atomic mass is 16.3. The molecule has 0 N–H and O–H groups in total. The van der Waals surface area contributed by atoms with Crippen molar-refractivity contribution in [2.75, 3.05) is 0 Å². The van der Waals surface area contributed by atoms with Crippen molar-refractivity contribution in [2.24, 2.45) is 0 Å².